The minimum Gasteiger partial charge on any atom is -0.485 e. The summed E-state index contributed by atoms with van der Waals surface area (Å²) < 4.78 is 24.4. The summed E-state index contributed by atoms with van der Waals surface area (Å²) in [5, 5.41) is 3.73. The predicted octanol–water partition coefficient (Wildman–Crippen LogP) is 2.12. The van der Waals surface area contributed by atoms with Crippen LogP contribution in [0.25, 0.3) is 0 Å². The van der Waals surface area contributed by atoms with Crippen LogP contribution in [0.2, 0.25) is 0 Å². The number of halogens is 1. The van der Waals surface area contributed by atoms with Crippen LogP contribution >= 0.6 is 0 Å². The first kappa shape index (κ1) is 14.1. The van der Waals surface area contributed by atoms with Crippen molar-refractivity contribution in [2.24, 2.45) is 5.10 Å². The Morgan fingerprint density at radius 2 is 1.91 bits per heavy atom. The Bertz CT molecular complexity index is 718. The molecule has 1 aliphatic heterocycles. The number of hydrogen-bond acceptors (Lipinski definition) is 4. The lowest BCUT2D eigenvalue weighted by molar-refractivity contribution is -0.130. The van der Waals surface area contributed by atoms with Crippen LogP contribution in [0.5, 0.6) is 11.5 Å². The SMILES string of the molecule is O=C(N/N=C\c1ccccc1F)[C@H]1COc2ccccc2O1. The van der Waals surface area contributed by atoms with Gasteiger partial charge >= 0.3 is 0 Å². The molecule has 0 radical (unpaired) electrons. The fourth-order valence-electron chi connectivity index (χ4n) is 1.97. The lowest BCUT2D eigenvalue weighted by Crippen LogP contribution is -2.42. The normalized spacial score (nSPS) is 16.5. The van der Waals surface area contributed by atoms with E-state index < -0.39 is 17.8 Å². The van der Waals surface area contributed by atoms with E-state index in [2.05, 4.69) is 10.5 Å². The topological polar surface area (TPSA) is 59.9 Å². The number of benzene rings is 2. The van der Waals surface area contributed by atoms with E-state index in [1.807, 2.05) is 6.07 Å². The molecule has 112 valence electrons. The van der Waals surface area contributed by atoms with E-state index >= 15 is 0 Å². The van der Waals surface area contributed by atoms with E-state index in [4.69, 9.17) is 9.47 Å². The van der Waals surface area contributed by atoms with Crippen LogP contribution in [0, 0.1) is 5.82 Å². The molecule has 0 bridgehead atoms. The summed E-state index contributed by atoms with van der Waals surface area (Å²) in [6, 6.07) is 13.2. The number of amides is 1. The Hall–Kier alpha value is -2.89. The van der Waals surface area contributed by atoms with Gasteiger partial charge in [-0.25, -0.2) is 9.82 Å². The summed E-state index contributed by atoms with van der Waals surface area (Å²) in [4.78, 5) is 12.0. The molecule has 0 spiro atoms. The molecule has 1 heterocycles. The van der Waals surface area contributed by atoms with Gasteiger partial charge in [0.1, 0.15) is 12.4 Å². The fourth-order valence-corrected chi connectivity index (χ4v) is 1.97. The van der Waals surface area contributed by atoms with Crippen molar-refractivity contribution in [3.63, 3.8) is 0 Å². The van der Waals surface area contributed by atoms with E-state index in [-0.39, 0.29) is 12.2 Å². The van der Waals surface area contributed by atoms with Crippen molar-refractivity contribution in [2.45, 2.75) is 6.10 Å². The van der Waals surface area contributed by atoms with Crippen molar-refractivity contribution in [2.75, 3.05) is 6.61 Å². The quantitative estimate of drug-likeness (QED) is 0.697. The lowest BCUT2D eigenvalue weighted by Gasteiger charge is -2.24. The second kappa shape index (κ2) is 6.26. The van der Waals surface area contributed by atoms with Crippen LogP contribution in [-0.4, -0.2) is 24.8 Å². The summed E-state index contributed by atoms with van der Waals surface area (Å²) in [5.41, 5.74) is 2.60. The number of fused-ring (bicyclic) bond motifs is 1. The number of para-hydroxylation sites is 2. The first-order valence-electron chi connectivity index (χ1n) is 6.70. The van der Waals surface area contributed by atoms with Gasteiger partial charge in [0.25, 0.3) is 5.91 Å². The molecule has 0 unspecified atom stereocenters. The number of nitrogens with one attached hydrogen (secondary N) is 1. The highest BCUT2D eigenvalue weighted by Crippen LogP contribution is 2.30. The smallest absolute Gasteiger partial charge is 0.284 e. The zero-order chi connectivity index (χ0) is 15.4. The highest BCUT2D eigenvalue weighted by molar-refractivity contribution is 5.85. The van der Waals surface area contributed by atoms with Crippen molar-refractivity contribution in [1.29, 1.82) is 0 Å². The summed E-state index contributed by atoms with van der Waals surface area (Å²) >= 11 is 0. The molecule has 0 saturated carbocycles. The number of hydrazone groups is 1. The summed E-state index contributed by atoms with van der Waals surface area (Å²) in [5.74, 6) is 0.238. The Balaban J connectivity index is 1.60. The van der Waals surface area contributed by atoms with E-state index in [9.17, 15) is 9.18 Å². The van der Waals surface area contributed by atoms with Crippen LogP contribution < -0.4 is 14.9 Å². The van der Waals surface area contributed by atoms with E-state index in [0.717, 1.165) is 0 Å². The average Bonchev–Trinajstić information content (AvgIpc) is 2.56. The Morgan fingerprint density at radius 3 is 2.73 bits per heavy atom. The number of ether oxygens (including phenoxy) is 2. The zero-order valence-corrected chi connectivity index (χ0v) is 11.5. The third kappa shape index (κ3) is 3.06. The van der Waals surface area contributed by atoms with Gasteiger partial charge in [-0.05, 0) is 18.2 Å². The van der Waals surface area contributed by atoms with Crippen LogP contribution in [0.3, 0.4) is 0 Å². The first-order valence-corrected chi connectivity index (χ1v) is 6.70. The van der Waals surface area contributed by atoms with Crippen molar-refractivity contribution in [3.05, 3.63) is 59.9 Å². The minimum absolute atomic E-state index is 0.0953. The maximum atomic E-state index is 13.4. The van der Waals surface area contributed by atoms with Crippen molar-refractivity contribution >= 4 is 12.1 Å². The number of hydrogen-bond donors (Lipinski definition) is 1. The van der Waals surface area contributed by atoms with E-state index in [1.54, 1.807) is 36.4 Å². The molecule has 3 rings (SSSR count). The van der Waals surface area contributed by atoms with Gasteiger partial charge in [-0.2, -0.15) is 5.10 Å². The molecule has 5 nitrogen and oxygen atoms in total. The van der Waals surface area contributed by atoms with Gasteiger partial charge in [-0.3, -0.25) is 4.79 Å². The average molecular weight is 300 g/mol. The highest BCUT2D eigenvalue weighted by atomic mass is 19.1. The maximum absolute atomic E-state index is 13.4. The number of carbonyl (C=O) groups excluding carboxylic acids is 1. The molecular formula is C16H13FN2O3. The molecule has 1 amide bonds. The standard InChI is InChI=1S/C16H13FN2O3/c17-12-6-2-1-5-11(12)9-18-19-16(20)15-10-21-13-7-3-4-8-14(13)22-15/h1-9,15H,10H2,(H,19,20)/b18-9-/t15-/m1/s1. The van der Waals surface area contributed by atoms with Gasteiger partial charge in [0.05, 0.1) is 6.21 Å². The number of nitrogens with zero attached hydrogens (tertiary/aromatic N) is 1. The largest absolute Gasteiger partial charge is 0.485 e. The van der Waals surface area contributed by atoms with Crippen molar-refractivity contribution in [3.8, 4) is 11.5 Å². The Kier molecular flexibility index (Phi) is 4.00. The highest BCUT2D eigenvalue weighted by Gasteiger charge is 2.26. The summed E-state index contributed by atoms with van der Waals surface area (Å²) in [6.07, 6.45) is 0.442. The van der Waals surface area contributed by atoms with Crippen LogP contribution in [0.1, 0.15) is 5.56 Å². The molecule has 2 aromatic carbocycles. The molecule has 1 atom stereocenters. The molecule has 1 aliphatic rings. The summed E-state index contributed by atoms with van der Waals surface area (Å²) in [6.45, 7) is 0.0953. The maximum Gasteiger partial charge on any atom is 0.284 e. The monoisotopic (exact) mass is 300 g/mol. The fraction of sp³-hybridized carbons (Fsp3) is 0.125. The van der Waals surface area contributed by atoms with Crippen LogP contribution in [0.4, 0.5) is 4.39 Å². The molecular weight excluding hydrogens is 287 g/mol. The second-order valence-electron chi connectivity index (χ2n) is 4.62. The third-order valence-electron chi connectivity index (χ3n) is 3.08. The number of carbonyl (C=O) groups is 1. The van der Waals surface area contributed by atoms with Gasteiger partial charge < -0.3 is 9.47 Å². The van der Waals surface area contributed by atoms with Crippen molar-refractivity contribution < 1.29 is 18.7 Å². The van der Waals surface area contributed by atoms with Gasteiger partial charge in [-0.1, -0.05) is 30.3 Å². The molecule has 6 heteroatoms. The Labute approximate surface area is 126 Å². The summed E-state index contributed by atoms with van der Waals surface area (Å²) in [7, 11) is 0. The Morgan fingerprint density at radius 1 is 1.18 bits per heavy atom. The third-order valence-corrected chi connectivity index (χ3v) is 3.08. The predicted molar refractivity (Wildman–Crippen MR) is 78.5 cm³/mol. The molecule has 0 aliphatic carbocycles. The van der Waals surface area contributed by atoms with E-state index in [1.165, 1.54) is 12.3 Å². The van der Waals surface area contributed by atoms with E-state index in [0.29, 0.717) is 11.5 Å². The first-order chi connectivity index (χ1) is 10.7. The molecule has 0 fully saturated rings. The number of rotatable bonds is 3. The molecule has 0 aromatic heterocycles. The second-order valence-corrected chi connectivity index (χ2v) is 4.62. The minimum atomic E-state index is -0.798. The molecule has 1 N–H and O–H groups in total. The van der Waals surface area contributed by atoms with Crippen LogP contribution in [-0.2, 0) is 4.79 Å². The van der Waals surface area contributed by atoms with Gasteiger partial charge in [0.2, 0.25) is 6.10 Å². The molecule has 0 saturated heterocycles. The van der Waals surface area contributed by atoms with Gasteiger partial charge in [-0.15, -0.1) is 0 Å². The van der Waals surface area contributed by atoms with Gasteiger partial charge in [0, 0.05) is 5.56 Å². The van der Waals surface area contributed by atoms with Crippen molar-refractivity contribution in [1.82, 2.24) is 5.43 Å². The lowest BCUT2D eigenvalue weighted by atomic mass is 10.2. The van der Waals surface area contributed by atoms with Crippen LogP contribution in [0.15, 0.2) is 53.6 Å². The zero-order valence-electron chi connectivity index (χ0n) is 11.5. The molecule has 22 heavy (non-hydrogen) atoms. The molecule has 2 aromatic rings. The van der Waals surface area contributed by atoms with Gasteiger partial charge in [0.15, 0.2) is 11.5 Å².